The lowest BCUT2D eigenvalue weighted by Crippen LogP contribution is -2.63. The first-order chi connectivity index (χ1) is 7.71. The Bertz CT molecular complexity index is 483. The van der Waals surface area contributed by atoms with E-state index < -0.39 is 22.8 Å². The van der Waals surface area contributed by atoms with Gasteiger partial charge in [-0.1, -0.05) is 0 Å². The van der Waals surface area contributed by atoms with Crippen molar-refractivity contribution in [3.8, 4) is 0 Å². The summed E-state index contributed by atoms with van der Waals surface area (Å²) >= 11 is 0. The molecular weight excluding hydrogens is 224 g/mol. The first-order valence-electron chi connectivity index (χ1n) is 5.28. The summed E-state index contributed by atoms with van der Waals surface area (Å²) in [4.78, 5) is 23.9. The Kier molecular flexibility index (Phi) is 2.31. The topological polar surface area (TPSA) is 83.8 Å². The van der Waals surface area contributed by atoms with Crippen molar-refractivity contribution in [1.29, 1.82) is 0 Å². The van der Waals surface area contributed by atoms with Gasteiger partial charge in [-0.2, -0.15) is 0 Å². The summed E-state index contributed by atoms with van der Waals surface area (Å²) in [7, 11) is 0. The van der Waals surface area contributed by atoms with Gasteiger partial charge in [0.1, 0.15) is 6.61 Å². The van der Waals surface area contributed by atoms with E-state index in [9.17, 15) is 19.8 Å². The summed E-state index contributed by atoms with van der Waals surface area (Å²) in [5.74, 6) is -1.08. The van der Waals surface area contributed by atoms with Crippen molar-refractivity contribution in [2.24, 2.45) is 0 Å². The molecule has 1 aliphatic heterocycles. The van der Waals surface area contributed by atoms with Gasteiger partial charge in [-0.15, -0.1) is 0 Å². The van der Waals surface area contributed by atoms with Gasteiger partial charge in [0.05, 0.1) is 5.76 Å². The molecule has 0 fully saturated rings. The van der Waals surface area contributed by atoms with E-state index in [1.54, 1.807) is 6.92 Å². The number of Topliss-reactive ketones (excluding diaryl/α,β-unsaturated/α-hetero) is 2. The maximum absolute atomic E-state index is 12.0. The van der Waals surface area contributed by atoms with Crippen molar-refractivity contribution in [2.75, 3.05) is 6.61 Å². The van der Waals surface area contributed by atoms with Gasteiger partial charge in [0.15, 0.2) is 17.0 Å². The fourth-order valence-electron chi connectivity index (χ4n) is 2.26. The Morgan fingerprint density at radius 3 is 2.47 bits per heavy atom. The molecule has 1 heterocycles. The van der Waals surface area contributed by atoms with Crippen LogP contribution in [0.3, 0.4) is 0 Å². The maximum atomic E-state index is 12.0. The molecule has 5 nitrogen and oxygen atoms in total. The molecule has 0 aromatic carbocycles. The Morgan fingerprint density at radius 1 is 1.29 bits per heavy atom. The quantitative estimate of drug-likeness (QED) is 0.574. The molecule has 0 unspecified atom stereocenters. The van der Waals surface area contributed by atoms with Gasteiger partial charge in [-0.3, -0.25) is 9.59 Å². The van der Waals surface area contributed by atoms with Crippen molar-refractivity contribution in [3.05, 3.63) is 23.0 Å². The highest BCUT2D eigenvalue weighted by molar-refractivity contribution is 6.23. The van der Waals surface area contributed by atoms with Crippen LogP contribution in [0.25, 0.3) is 0 Å². The lowest BCUT2D eigenvalue weighted by atomic mass is 9.70. The van der Waals surface area contributed by atoms with E-state index in [4.69, 9.17) is 4.74 Å². The number of ketones is 2. The highest BCUT2D eigenvalue weighted by Crippen LogP contribution is 2.38. The zero-order chi connectivity index (χ0) is 13.0. The summed E-state index contributed by atoms with van der Waals surface area (Å²) < 4.78 is 5.13. The van der Waals surface area contributed by atoms with Crippen LogP contribution in [0.4, 0.5) is 0 Å². The number of hydrogen-bond acceptors (Lipinski definition) is 5. The molecule has 0 bridgehead atoms. The number of aliphatic hydroxyl groups is 2. The van der Waals surface area contributed by atoms with Crippen LogP contribution in [0.15, 0.2) is 23.0 Å². The van der Waals surface area contributed by atoms with E-state index in [-0.39, 0.29) is 17.8 Å². The summed E-state index contributed by atoms with van der Waals surface area (Å²) in [6.45, 7) is 3.98. The largest absolute Gasteiger partial charge is 0.494 e. The summed E-state index contributed by atoms with van der Waals surface area (Å²) in [6.07, 6.45) is 1.46. The predicted molar refractivity (Wildman–Crippen MR) is 58.0 cm³/mol. The van der Waals surface area contributed by atoms with Gasteiger partial charge in [0, 0.05) is 11.1 Å². The molecule has 0 spiro atoms. The zero-order valence-corrected chi connectivity index (χ0v) is 9.90. The van der Waals surface area contributed by atoms with Gasteiger partial charge >= 0.3 is 0 Å². The molecule has 0 aromatic heterocycles. The van der Waals surface area contributed by atoms with E-state index in [1.165, 1.54) is 13.0 Å². The van der Waals surface area contributed by atoms with Crippen LogP contribution in [0.1, 0.15) is 20.8 Å². The van der Waals surface area contributed by atoms with Gasteiger partial charge in [0.25, 0.3) is 0 Å². The molecule has 2 rings (SSSR count). The molecule has 2 aliphatic rings. The zero-order valence-electron chi connectivity index (χ0n) is 9.90. The smallest absolute Gasteiger partial charge is 0.211 e. The summed E-state index contributed by atoms with van der Waals surface area (Å²) in [6, 6.07) is 0. The molecule has 0 saturated heterocycles. The fraction of sp³-hybridized carbons (Fsp3) is 0.500. The van der Waals surface area contributed by atoms with Gasteiger partial charge in [-0.05, 0) is 26.8 Å². The maximum Gasteiger partial charge on any atom is 0.211 e. The van der Waals surface area contributed by atoms with Crippen LogP contribution >= 0.6 is 0 Å². The van der Waals surface area contributed by atoms with Crippen LogP contribution in [0.5, 0.6) is 0 Å². The van der Waals surface area contributed by atoms with Crippen molar-refractivity contribution >= 4 is 11.6 Å². The number of fused-ring (bicyclic) bond motifs is 1. The average molecular weight is 238 g/mol. The number of carbonyl (C=O) groups excluding carboxylic acids is 2. The second-order valence-corrected chi connectivity index (χ2v) is 4.67. The Labute approximate surface area is 98.4 Å². The SMILES string of the molecule is CC1=CC2=C(C)C(=O)[C@@](C)(O)C(=O)[C@]2(O)CO1. The van der Waals surface area contributed by atoms with Crippen LogP contribution in [-0.2, 0) is 14.3 Å². The predicted octanol–water partition coefficient (Wildman–Crippen LogP) is -0.129. The Morgan fingerprint density at radius 2 is 1.88 bits per heavy atom. The summed E-state index contributed by atoms with van der Waals surface area (Å²) in [5, 5.41) is 20.2. The molecule has 5 heteroatoms. The third-order valence-electron chi connectivity index (χ3n) is 3.31. The van der Waals surface area contributed by atoms with Gasteiger partial charge in [-0.25, -0.2) is 0 Å². The molecule has 0 saturated carbocycles. The number of allylic oxidation sites excluding steroid dienone is 1. The fourth-order valence-corrected chi connectivity index (χ4v) is 2.26. The first-order valence-corrected chi connectivity index (χ1v) is 5.28. The molecule has 17 heavy (non-hydrogen) atoms. The van der Waals surface area contributed by atoms with E-state index in [0.29, 0.717) is 5.76 Å². The molecule has 0 aromatic rings. The van der Waals surface area contributed by atoms with Crippen molar-refractivity contribution < 1.29 is 24.5 Å². The van der Waals surface area contributed by atoms with E-state index in [1.807, 2.05) is 0 Å². The van der Waals surface area contributed by atoms with E-state index in [0.717, 1.165) is 6.92 Å². The monoisotopic (exact) mass is 238 g/mol. The average Bonchev–Trinajstić information content (AvgIpc) is 2.28. The van der Waals surface area contributed by atoms with Crippen LogP contribution in [-0.4, -0.2) is 39.6 Å². The third kappa shape index (κ3) is 1.39. The van der Waals surface area contributed by atoms with Crippen LogP contribution in [0.2, 0.25) is 0 Å². The highest BCUT2D eigenvalue weighted by atomic mass is 16.5. The number of rotatable bonds is 0. The number of carbonyl (C=O) groups is 2. The lowest BCUT2D eigenvalue weighted by Gasteiger charge is -2.41. The second kappa shape index (κ2) is 3.27. The normalized spacial score (nSPS) is 37.6. The summed E-state index contributed by atoms with van der Waals surface area (Å²) in [5.41, 5.74) is -3.70. The molecule has 2 atom stereocenters. The lowest BCUT2D eigenvalue weighted by molar-refractivity contribution is -0.164. The standard InChI is InChI=1S/C12H14O5/c1-6-4-8-7(2)9(13)11(3,15)10(14)12(8,16)5-17-6/h4,15-16H,5H2,1-3H3/t11-,12+/m1/s1. The first kappa shape index (κ1) is 12.0. The molecular formula is C12H14O5. The molecule has 1 aliphatic carbocycles. The highest BCUT2D eigenvalue weighted by Gasteiger charge is 2.58. The Balaban J connectivity index is 2.72. The van der Waals surface area contributed by atoms with Crippen molar-refractivity contribution in [3.63, 3.8) is 0 Å². The molecule has 92 valence electrons. The second-order valence-electron chi connectivity index (χ2n) is 4.67. The van der Waals surface area contributed by atoms with Crippen molar-refractivity contribution in [1.82, 2.24) is 0 Å². The molecule has 0 radical (unpaired) electrons. The van der Waals surface area contributed by atoms with Gasteiger partial charge in [0.2, 0.25) is 5.78 Å². The minimum absolute atomic E-state index is 0.194. The minimum Gasteiger partial charge on any atom is -0.494 e. The molecule has 0 amide bonds. The third-order valence-corrected chi connectivity index (χ3v) is 3.31. The Hall–Kier alpha value is -1.46. The van der Waals surface area contributed by atoms with Crippen molar-refractivity contribution in [2.45, 2.75) is 32.0 Å². The van der Waals surface area contributed by atoms with Crippen LogP contribution < -0.4 is 0 Å². The van der Waals surface area contributed by atoms with Crippen LogP contribution in [0, 0.1) is 0 Å². The van der Waals surface area contributed by atoms with E-state index in [2.05, 4.69) is 0 Å². The van der Waals surface area contributed by atoms with E-state index >= 15 is 0 Å². The number of ether oxygens (including phenoxy) is 1. The number of hydrogen-bond donors (Lipinski definition) is 2. The minimum atomic E-state index is -2.19. The van der Waals surface area contributed by atoms with Gasteiger partial charge < -0.3 is 14.9 Å². The molecule has 2 N–H and O–H groups in total.